The zero-order chi connectivity index (χ0) is 50.7. The van der Waals surface area contributed by atoms with Crippen molar-refractivity contribution in [2.24, 2.45) is 0 Å². The molecule has 0 aliphatic carbocycles. The van der Waals surface area contributed by atoms with Gasteiger partial charge in [0.1, 0.15) is 13.2 Å². The predicted molar refractivity (Wildman–Crippen MR) is 302 cm³/mol. The molecule has 0 saturated heterocycles. The summed E-state index contributed by atoms with van der Waals surface area (Å²) < 4.78 is 16.9. The first-order valence-corrected chi connectivity index (χ1v) is 31.0. The second-order valence-electron chi connectivity index (χ2n) is 21.0. The lowest BCUT2D eigenvalue weighted by Gasteiger charge is -2.18. The second kappa shape index (κ2) is 59.2. The van der Waals surface area contributed by atoms with E-state index in [9.17, 15) is 14.4 Å². The highest BCUT2D eigenvalue weighted by Crippen LogP contribution is 2.17. The average Bonchev–Trinajstić information content (AvgIpc) is 3.36. The van der Waals surface area contributed by atoms with Crippen LogP contribution < -0.4 is 0 Å². The fourth-order valence-corrected chi connectivity index (χ4v) is 9.18. The summed E-state index contributed by atoms with van der Waals surface area (Å²) in [6, 6.07) is 0. The molecule has 0 N–H and O–H groups in total. The molecule has 0 saturated carbocycles. The Morgan fingerprint density at radius 1 is 0.286 bits per heavy atom. The highest BCUT2D eigenvalue weighted by Gasteiger charge is 2.19. The quantitative estimate of drug-likeness (QED) is 0.0261. The van der Waals surface area contributed by atoms with E-state index in [1.807, 2.05) is 0 Å². The summed E-state index contributed by atoms with van der Waals surface area (Å²) in [4.78, 5) is 38.2. The first-order chi connectivity index (χ1) is 34.5. The van der Waals surface area contributed by atoms with Gasteiger partial charge in [-0.05, 0) is 77.0 Å². The third kappa shape index (κ3) is 56.5. The third-order valence-electron chi connectivity index (χ3n) is 13.9. The van der Waals surface area contributed by atoms with Gasteiger partial charge in [0.2, 0.25) is 0 Å². The van der Waals surface area contributed by atoms with Crippen LogP contribution >= 0.6 is 0 Å². The van der Waals surface area contributed by atoms with Crippen molar-refractivity contribution >= 4 is 17.9 Å². The third-order valence-corrected chi connectivity index (χ3v) is 13.9. The Hall–Kier alpha value is -2.37. The average molecular weight is 984 g/mol. The summed E-state index contributed by atoms with van der Waals surface area (Å²) in [5, 5.41) is 0. The van der Waals surface area contributed by atoms with Crippen LogP contribution in [0.2, 0.25) is 0 Å². The molecule has 0 bridgehead atoms. The number of hydrogen-bond acceptors (Lipinski definition) is 6. The molecule has 0 aromatic heterocycles. The number of carbonyl (C=O) groups is 3. The van der Waals surface area contributed by atoms with Gasteiger partial charge < -0.3 is 14.2 Å². The van der Waals surface area contributed by atoms with Gasteiger partial charge in [0, 0.05) is 19.3 Å². The van der Waals surface area contributed by atoms with Crippen LogP contribution in [0.15, 0.2) is 36.5 Å². The van der Waals surface area contributed by atoms with E-state index in [0.717, 1.165) is 83.5 Å². The van der Waals surface area contributed by atoms with Gasteiger partial charge in [0.05, 0.1) is 0 Å². The van der Waals surface area contributed by atoms with Crippen molar-refractivity contribution in [3.63, 3.8) is 0 Å². The Morgan fingerprint density at radius 2 is 0.514 bits per heavy atom. The summed E-state index contributed by atoms with van der Waals surface area (Å²) in [7, 11) is 0. The molecule has 0 aromatic carbocycles. The zero-order valence-corrected chi connectivity index (χ0v) is 47.1. The molecule has 1 unspecified atom stereocenters. The Labute approximate surface area is 435 Å². The summed E-state index contributed by atoms with van der Waals surface area (Å²) in [5.41, 5.74) is 0. The van der Waals surface area contributed by atoms with E-state index >= 15 is 0 Å². The Kier molecular flexibility index (Phi) is 57.2. The molecular formula is C64H118O6. The summed E-state index contributed by atoms with van der Waals surface area (Å²) in [6.45, 7) is 6.66. The molecule has 0 radical (unpaired) electrons. The summed E-state index contributed by atoms with van der Waals surface area (Å²) in [6.07, 6.45) is 71.4. The first kappa shape index (κ1) is 67.6. The van der Waals surface area contributed by atoms with Gasteiger partial charge in [-0.1, -0.05) is 276 Å². The van der Waals surface area contributed by atoms with Crippen LogP contribution in [-0.2, 0) is 28.6 Å². The molecule has 0 rings (SSSR count). The van der Waals surface area contributed by atoms with Gasteiger partial charge >= 0.3 is 17.9 Å². The molecule has 0 aromatic rings. The van der Waals surface area contributed by atoms with Crippen LogP contribution in [0.25, 0.3) is 0 Å². The van der Waals surface area contributed by atoms with E-state index in [2.05, 4.69) is 57.2 Å². The summed E-state index contributed by atoms with van der Waals surface area (Å²) in [5.74, 6) is -0.869. The number of allylic oxidation sites excluding steroid dienone is 6. The molecule has 1 atom stereocenters. The number of hydrogen-bond donors (Lipinski definition) is 0. The number of carbonyl (C=O) groups excluding carboxylic acids is 3. The first-order valence-electron chi connectivity index (χ1n) is 31.0. The largest absolute Gasteiger partial charge is 0.462 e. The van der Waals surface area contributed by atoms with E-state index in [1.165, 1.54) is 212 Å². The number of esters is 3. The van der Waals surface area contributed by atoms with Gasteiger partial charge in [0.15, 0.2) is 6.10 Å². The van der Waals surface area contributed by atoms with E-state index in [1.54, 1.807) is 0 Å². The molecular weight excluding hydrogens is 865 g/mol. The van der Waals surface area contributed by atoms with E-state index in [0.29, 0.717) is 19.3 Å². The van der Waals surface area contributed by atoms with Gasteiger partial charge in [-0.2, -0.15) is 0 Å². The Bertz CT molecular complexity index is 1170. The standard InChI is InChI=1S/C64H118O6/c1-4-7-10-13-16-19-22-25-28-30-31-32-33-34-37-39-42-45-48-51-54-57-63(66)69-60-61(59-68-62(65)56-53-50-47-44-41-38-35-27-24-21-18-15-12-9-6-3)70-64(67)58-55-52-49-46-43-40-36-29-26-23-20-17-14-11-8-5-2/h20,23,29-31,36,61H,4-19,21-22,24-28,32-35,37-60H2,1-3H3/b23-20-,31-30-,36-29-. The van der Waals surface area contributed by atoms with E-state index < -0.39 is 6.10 Å². The normalized spacial score (nSPS) is 12.2. The minimum atomic E-state index is -0.778. The number of rotatable bonds is 57. The van der Waals surface area contributed by atoms with Crippen molar-refractivity contribution in [1.29, 1.82) is 0 Å². The van der Waals surface area contributed by atoms with Gasteiger partial charge in [-0.15, -0.1) is 0 Å². The SMILES string of the molecule is CCCCCC/C=C\C/C=C\CCCCCCCC(=O)OC(COC(=O)CCCCCCCCCCC/C=C\CCCCCCCCCC)COC(=O)CCCCCCCCCCCCCCCCC. The molecule has 6 heteroatoms. The Morgan fingerprint density at radius 3 is 0.814 bits per heavy atom. The maximum atomic E-state index is 12.9. The van der Waals surface area contributed by atoms with Crippen LogP contribution in [0.3, 0.4) is 0 Å². The lowest BCUT2D eigenvalue weighted by atomic mass is 10.0. The molecule has 0 aliphatic heterocycles. The van der Waals surface area contributed by atoms with Crippen molar-refractivity contribution in [3.05, 3.63) is 36.5 Å². The Balaban J connectivity index is 4.33. The van der Waals surface area contributed by atoms with Crippen molar-refractivity contribution in [1.82, 2.24) is 0 Å². The zero-order valence-electron chi connectivity index (χ0n) is 47.1. The highest BCUT2D eigenvalue weighted by atomic mass is 16.6. The van der Waals surface area contributed by atoms with E-state index in [4.69, 9.17) is 14.2 Å². The molecule has 6 nitrogen and oxygen atoms in total. The monoisotopic (exact) mass is 983 g/mol. The topological polar surface area (TPSA) is 78.9 Å². The lowest BCUT2D eigenvalue weighted by molar-refractivity contribution is -0.167. The molecule has 0 heterocycles. The van der Waals surface area contributed by atoms with Crippen LogP contribution in [-0.4, -0.2) is 37.2 Å². The summed E-state index contributed by atoms with van der Waals surface area (Å²) >= 11 is 0. The lowest BCUT2D eigenvalue weighted by Crippen LogP contribution is -2.30. The minimum absolute atomic E-state index is 0.0745. The van der Waals surface area contributed by atoms with Gasteiger partial charge in [-0.3, -0.25) is 14.4 Å². The van der Waals surface area contributed by atoms with Crippen molar-refractivity contribution in [2.45, 2.75) is 341 Å². The second-order valence-corrected chi connectivity index (χ2v) is 21.0. The fourth-order valence-electron chi connectivity index (χ4n) is 9.18. The molecule has 0 amide bonds. The van der Waals surface area contributed by atoms with Gasteiger partial charge in [0.25, 0.3) is 0 Å². The minimum Gasteiger partial charge on any atom is -0.462 e. The number of unbranched alkanes of at least 4 members (excludes halogenated alkanes) is 40. The fraction of sp³-hybridized carbons (Fsp3) is 0.859. The van der Waals surface area contributed by atoms with E-state index in [-0.39, 0.29) is 31.1 Å². The molecule has 0 spiro atoms. The molecule has 410 valence electrons. The van der Waals surface area contributed by atoms with Crippen molar-refractivity contribution < 1.29 is 28.6 Å². The predicted octanol–water partition coefficient (Wildman–Crippen LogP) is 20.8. The highest BCUT2D eigenvalue weighted by molar-refractivity contribution is 5.71. The van der Waals surface area contributed by atoms with Crippen LogP contribution in [0.1, 0.15) is 335 Å². The smallest absolute Gasteiger partial charge is 0.306 e. The van der Waals surface area contributed by atoms with Crippen LogP contribution in [0.5, 0.6) is 0 Å². The molecule has 70 heavy (non-hydrogen) atoms. The van der Waals surface area contributed by atoms with Gasteiger partial charge in [-0.25, -0.2) is 0 Å². The number of ether oxygens (including phenoxy) is 3. The van der Waals surface area contributed by atoms with Crippen LogP contribution in [0.4, 0.5) is 0 Å². The maximum Gasteiger partial charge on any atom is 0.306 e. The van der Waals surface area contributed by atoms with Crippen molar-refractivity contribution in [3.8, 4) is 0 Å². The maximum absolute atomic E-state index is 12.9. The molecule has 0 aliphatic rings. The van der Waals surface area contributed by atoms with Crippen molar-refractivity contribution in [2.75, 3.05) is 13.2 Å². The van der Waals surface area contributed by atoms with Crippen LogP contribution in [0, 0.1) is 0 Å². The molecule has 0 fully saturated rings.